The molecule has 1 aromatic heterocycles. The first-order chi connectivity index (χ1) is 6.14. The average molecular weight is 259 g/mol. The summed E-state index contributed by atoms with van der Waals surface area (Å²) in [6, 6.07) is 0. The summed E-state index contributed by atoms with van der Waals surface area (Å²) < 4.78 is 1.12. The van der Waals surface area contributed by atoms with Crippen LogP contribution >= 0.6 is 15.9 Å². The predicted molar refractivity (Wildman–Crippen MR) is 63.7 cm³/mol. The molecule has 0 bridgehead atoms. The Morgan fingerprint density at radius 3 is 1.71 bits per heavy atom. The highest BCUT2D eigenvalue weighted by Gasteiger charge is 2.27. The molecule has 1 N–H and O–H groups in total. The molecular formula is C11H19BrN2. The van der Waals surface area contributed by atoms with Crippen LogP contribution in [0.4, 0.5) is 0 Å². The van der Waals surface area contributed by atoms with E-state index in [0.29, 0.717) is 0 Å². The van der Waals surface area contributed by atoms with E-state index < -0.39 is 0 Å². The Morgan fingerprint density at radius 2 is 1.50 bits per heavy atom. The van der Waals surface area contributed by atoms with Crippen LogP contribution < -0.4 is 0 Å². The molecule has 0 spiro atoms. The summed E-state index contributed by atoms with van der Waals surface area (Å²) in [6.45, 7) is 13.0. The van der Waals surface area contributed by atoms with Crippen LogP contribution in [0, 0.1) is 0 Å². The minimum absolute atomic E-state index is 0.0822. The molecule has 1 rings (SSSR count). The number of rotatable bonds is 0. The van der Waals surface area contributed by atoms with Gasteiger partial charge in [-0.05, 0) is 15.9 Å². The highest BCUT2D eigenvalue weighted by molar-refractivity contribution is 9.10. The van der Waals surface area contributed by atoms with Crippen molar-refractivity contribution in [1.82, 2.24) is 10.2 Å². The van der Waals surface area contributed by atoms with Gasteiger partial charge in [0, 0.05) is 10.8 Å². The van der Waals surface area contributed by atoms with Gasteiger partial charge in [-0.25, -0.2) is 0 Å². The Morgan fingerprint density at radius 1 is 1.00 bits per heavy atom. The molecule has 0 amide bonds. The van der Waals surface area contributed by atoms with E-state index in [0.717, 1.165) is 10.2 Å². The molecule has 0 atom stereocenters. The quantitative estimate of drug-likeness (QED) is 0.754. The van der Waals surface area contributed by atoms with Crippen LogP contribution in [-0.4, -0.2) is 10.2 Å². The third kappa shape index (κ3) is 2.19. The summed E-state index contributed by atoms with van der Waals surface area (Å²) in [7, 11) is 0. The minimum Gasteiger partial charge on any atom is -0.281 e. The van der Waals surface area contributed by atoms with Crippen molar-refractivity contribution in [3.05, 3.63) is 15.9 Å². The number of hydrogen-bond acceptors (Lipinski definition) is 1. The monoisotopic (exact) mass is 258 g/mol. The lowest BCUT2D eigenvalue weighted by molar-refractivity contribution is 0.563. The Labute approximate surface area is 94.6 Å². The van der Waals surface area contributed by atoms with E-state index in [1.165, 1.54) is 5.69 Å². The molecule has 3 heteroatoms. The van der Waals surface area contributed by atoms with Crippen molar-refractivity contribution < 1.29 is 0 Å². The fourth-order valence-electron chi connectivity index (χ4n) is 1.32. The Hall–Kier alpha value is -0.310. The fourth-order valence-corrected chi connectivity index (χ4v) is 2.69. The first kappa shape index (κ1) is 11.8. The van der Waals surface area contributed by atoms with Crippen LogP contribution in [0.25, 0.3) is 0 Å². The molecule has 80 valence electrons. The number of halogens is 1. The van der Waals surface area contributed by atoms with Gasteiger partial charge in [-0.3, -0.25) is 5.10 Å². The number of H-pyrrole nitrogens is 1. The second-order valence-corrected chi connectivity index (χ2v) is 6.55. The molecule has 0 radical (unpaired) electrons. The maximum absolute atomic E-state index is 4.38. The van der Waals surface area contributed by atoms with Crippen molar-refractivity contribution in [2.45, 2.75) is 52.4 Å². The smallest absolute Gasteiger partial charge is 0.0820 e. The number of hydrogen-bond donors (Lipinski definition) is 1. The maximum atomic E-state index is 4.38. The Bertz CT molecular complexity index is 295. The van der Waals surface area contributed by atoms with Gasteiger partial charge in [0.05, 0.1) is 15.9 Å². The summed E-state index contributed by atoms with van der Waals surface area (Å²) in [6.07, 6.45) is 0. The normalized spacial score (nSPS) is 13.4. The van der Waals surface area contributed by atoms with Gasteiger partial charge in [0.25, 0.3) is 0 Å². The molecule has 14 heavy (non-hydrogen) atoms. The van der Waals surface area contributed by atoms with Crippen LogP contribution in [0.2, 0.25) is 0 Å². The molecule has 0 aliphatic carbocycles. The first-order valence-corrected chi connectivity index (χ1v) is 5.68. The molecule has 1 heterocycles. The molecule has 0 saturated heterocycles. The summed E-state index contributed by atoms with van der Waals surface area (Å²) >= 11 is 3.63. The lowest BCUT2D eigenvalue weighted by atomic mass is 9.88. The van der Waals surface area contributed by atoms with E-state index in [9.17, 15) is 0 Å². The van der Waals surface area contributed by atoms with Gasteiger partial charge >= 0.3 is 0 Å². The molecule has 2 nitrogen and oxygen atoms in total. The van der Waals surface area contributed by atoms with Gasteiger partial charge in [-0.15, -0.1) is 0 Å². The summed E-state index contributed by atoms with van der Waals surface area (Å²) in [5.41, 5.74) is 2.46. The predicted octanol–water partition coefficient (Wildman–Crippen LogP) is 3.77. The van der Waals surface area contributed by atoms with Gasteiger partial charge in [0.1, 0.15) is 0 Å². The Kier molecular flexibility index (Phi) is 2.83. The highest BCUT2D eigenvalue weighted by atomic mass is 79.9. The molecule has 0 aliphatic heterocycles. The van der Waals surface area contributed by atoms with E-state index in [2.05, 4.69) is 67.7 Å². The third-order valence-corrected chi connectivity index (χ3v) is 2.94. The van der Waals surface area contributed by atoms with Crippen molar-refractivity contribution in [2.24, 2.45) is 0 Å². The number of aromatic nitrogens is 2. The lowest BCUT2D eigenvalue weighted by Crippen LogP contribution is -2.14. The van der Waals surface area contributed by atoms with Crippen LogP contribution in [0.3, 0.4) is 0 Å². The van der Waals surface area contributed by atoms with E-state index in [1.54, 1.807) is 0 Å². The van der Waals surface area contributed by atoms with Crippen LogP contribution in [0.5, 0.6) is 0 Å². The summed E-state index contributed by atoms with van der Waals surface area (Å²) in [4.78, 5) is 0. The van der Waals surface area contributed by atoms with Crippen LogP contribution in [-0.2, 0) is 10.8 Å². The average Bonchev–Trinajstić information content (AvgIpc) is 2.26. The van der Waals surface area contributed by atoms with Crippen LogP contribution in [0.1, 0.15) is 52.9 Å². The van der Waals surface area contributed by atoms with E-state index in [1.807, 2.05) is 0 Å². The molecule has 0 aromatic carbocycles. The first-order valence-electron chi connectivity index (χ1n) is 4.89. The van der Waals surface area contributed by atoms with E-state index in [-0.39, 0.29) is 10.8 Å². The standard InChI is InChI=1S/C11H19BrN2/c1-10(2,3)8-7(12)9(14-13-8)11(4,5)6/h1-6H3,(H,13,14). The highest BCUT2D eigenvalue weighted by Crippen LogP contribution is 2.35. The zero-order valence-corrected chi connectivity index (χ0v) is 11.4. The van der Waals surface area contributed by atoms with E-state index in [4.69, 9.17) is 0 Å². The second kappa shape index (κ2) is 3.37. The molecule has 0 fully saturated rings. The maximum Gasteiger partial charge on any atom is 0.0820 e. The van der Waals surface area contributed by atoms with Crippen molar-refractivity contribution in [3.8, 4) is 0 Å². The minimum atomic E-state index is 0.0822. The number of nitrogens with one attached hydrogen (secondary N) is 1. The molecular weight excluding hydrogens is 240 g/mol. The van der Waals surface area contributed by atoms with Crippen molar-refractivity contribution in [3.63, 3.8) is 0 Å². The lowest BCUT2D eigenvalue weighted by Gasteiger charge is -2.19. The van der Waals surface area contributed by atoms with Crippen LogP contribution in [0.15, 0.2) is 4.47 Å². The summed E-state index contributed by atoms with van der Waals surface area (Å²) in [5, 5.41) is 7.51. The van der Waals surface area contributed by atoms with Gasteiger partial charge in [-0.2, -0.15) is 5.10 Å². The van der Waals surface area contributed by atoms with Crippen molar-refractivity contribution in [1.29, 1.82) is 0 Å². The molecule has 0 unspecified atom stereocenters. The fraction of sp³-hybridized carbons (Fsp3) is 0.727. The van der Waals surface area contributed by atoms with Gasteiger partial charge in [0.15, 0.2) is 0 Å². The molecule has 0 saturated carbocycles. The number of nitrogens with zero attached hydrogens (tertiary/aromatic N) is 1. The van der Waals surface area contributed by atoms with Gasteiger partial charge in [0.2, 0.25) is 0 Å². The van der Waals surface area contributed by atoms with Gasteiger partial charge in [-0.1, -0.05) is 41.5 Å². The molecule has 1 aromatic rings. The van der Waals surface area contributed by atoms with Crippen molar-refractivity contribution >= 4 is 15.9 Å². The van der Waals surface area contributed by atoms with E-state index >= 15 is 0 Å². The summed E-state index contributed by atoms with van der Waals surface area (Å²) in [5.74, 6) is 0. The van der Waals surface area contributed by atoms with Crippen molar-refractivity contribution in [2.75, 3.05) is 0 Å². The SMILES string of the molecule is CC(C)(C)c1n[nH]c(C(C)(C)C)c1Br. The molecule has 0 aliphatic rings. The zero-order chi connectivity index (χ0) is 11.1. The number of aromatic amines is 1. The zero-order valence-electron chi connectivity index (χ0n) is 9.83. The second-order valence-electron chi connectivity index (χ2n) is 5.76. The largest absolute Gasteiger partial charge is 0.281 e. The van der Waals surface area contributed by atoms with Gasteiger partial charge < -0.3 is 0 Å². The Balaban J connectivity index is 3.23. The third-order valence-electron chi connectivity index (χ3n) is 2.17. The topological polar surface area (TPSA) is 28.7 Å².